The third-order valence-electron chi connectivity index (χ3n) is 3.57. The van der Waals surface area contributed by atoms with Gasteiger partial charge in [-0.05, 0) is 24.0 Å². The van der Waals surface area contributed by atoms with Gasteiger partial charge >= 0.3 is 0 Å². The molecule has 0 unspecified atom stereocenters. The summed E-state index contributed by atoms with van der Waals surface area (Å²) in [6, 6.07) is 7.46. The lowest BCUT2D eigenvalue weighted by molar-refractivity contribution is -0.121. The third-order valence-corrected chi connectivity index (χ3v) is 4.11. The van der Waals surface area contributed by atoms with E-state index < -0.39 is 10.1 Å². The minimum atomic E-state index is -3.44. The first-order valence-electron chi connectivity index (χ1n) is 6.95. The van der Waals surface area contributed by atoms with Crippen molar-refractivity contribution in [3.8, 4) is 0 Å². The van der Waals surface area contributed by atoms with E-state index in [0.717, 1.165) is 30.2 Å². The monoisotopic (exact) mass is 313 g/mol. The summed E-state index contributed by atoms with van der Waals surface area (Å²) in [6.45, 7) is 5.58. The summed E-state index contributed by atoms with van der Waals surface area (Å²) in [7, 11) is -3.44. The Kier molecular flexibility index (Phi) is 5.92. The highest BCUT2D eigenvalue weighted by Crippen LogP contribution is 2.29. The van der Waals surface area contributed by atoms with Crippen molar-refractivity contribution < 1.29 is 17.4 Å². The first-order chi connectivity index (χ1) is 9.72. The van der Waals surface area contributed by atoms with Gasteiger partial charge in [0, 0.05) is 6.92 Å². The molecular weight excluding hydrogens is 290 g/mol. The number of hydrogen-bond donors (Lipinski definition) is 1. The quantitative estimate of drug-likeness (QED) is 0.784. The topological polar surface area (TPSA) is 72.5 Å². The summed E-state index contributed by atoms with van der Waals surface area (Å²) in [5.41, 5.74) is 1.39. The third kappa shape index (κ3) is 5.13. The predicted octanol–water partition coefficient (Wildman–Crippen LogP) is 2.31. The average Bonchev–Trinajstić information content (AvgIpc) is 2.42. The van der Waals surface area contributed by atoms with Gasteiger partial charge in [-0.1, -0.05) is 38.1 Å². The van der Waals surface area contributed by atoms with Crippen LogP contribution in [0.2, 0.25) is 0 Å². The van der Waals surface area contributed by atoms with Crippen LogP contribution in [0.4, 0.5) is 0 Å². The van der Waals surface area contributed by atoms with E-state index in [1.165, 1.54) is 6.92 Å². The maximum Gasteiger partial charge on any atom is 0.264 e. The van der Waals surface area contributed by atoms with Gasteiger partial charge in [0.15, 0.2) is 0 Å². The number of carbonyl (C=O) groups excluding carboxylic acids is 1. The second-order valence-corrected chi connectivity index (χ2v) is 6.78. The number of hydrogen-bond acceptors (Lipinski definition) is 4. The van der Waals surface area contributed by atoms with E-state index >= 15 is 0 Å². The minimum Gasteiger partial charge on any atom is -0.347 e. The largest absolute Gasteiger partial charge is 0.347 e. The van der Waals surface area contributed by atoms with Crippen LogP contribution < -0.4 is 5.32 Å². The normalized spacial score (nSPS) is 12.2. The van der Waals surface area contributed by atoms with Crippen LogP contribution in [-0.2, 0) is 31.2 Å². The number of rotatable bonds is 7. The molecule has 0 aliphatic rings. The molecule has 1 N–H and O–H groups in total. The SMILES string of the molecule is CCC(CC)(NC(C)=O)c1ccc(COS(C)(=O)=O)cc1. The Bertz CT molecular complexity index is 574. The van der Waals surface area contributed by atoms with Gasteiger partial charge in [-0.2, -0.15) is 8.42 Å². The number of nitrogens with one attached hydrogen (secondary N) is 1. The molecule has 0 aliphatic heterocycles. The summed E-state index contributed by atoms with van der Waals surface area (Å²) >= 11 is 0. The lowest BCUT2D eigenvalue weighted by Gasteiger charge is -2.33. The zero-order chi connectivity index (χ0) is 16.1. The minimum absolute atomic E-state index is 0.0184. The molecule has 6 heteroatoms. The first-order valence-corrected chi connectivity index (χ1v) is 8.76. The van der Waals surface area contributed by atoms with Gasteiger partial charge in [0.25, 0.3) is 10.1 Å². The Hall–Kier alpha value is -1.40. The second-order valence-electron chi connectivity index (χ2n) is 5.13. The molecule has 0 radical (unpaired) electrons. The number of carbonyl (C=O) groups is 1. The summed E-state index contributed by atoms with van der Waals surface area (Å²) in [6.07, 6.45) is 2.59. The highest BCUT2D eigenvalue weighted by Gasteiger charge is 2.28. The standard InChI is InChI=1S/C15H23NO4S/c1-5-15(6-2,16-12(3)17)14-9-7-13(8-10-14)11-20-21(4,18)19/h7-10H,5-6,11H2,1-4H3,(H,16,17). The lowest BCUT2D eigenvalue weighted by Crippen LogP contribution is -2.44. The Labute approximate surface area is 126 Å². The Morgan fingerprint density at radius 1 is 1.19 bits per heavy atom. The Morgan fingerprint density at radius 3 is 2.10 bits per heavy atom. The van der Waals surface area contributed by atoms with Crippen LogP contribution in [0, 0.1) is 0 Å². The van der Waals surface area contributed by atoms with Crippen molar-refractivity contribution in [3.05, 3.63) is 35.4 Å². The predicted molar refractivity (Wildman–Crippen MR) is 82.2 cm³/mol. The molecular formula is C15H23NO4S. The van der Waals surface area contributed by atoms with Crippen molar-refractivity contribution in [1.82, 2.24) is 5.32 Å². The fourth-order valence-electron chi connectivity index (χ4n) is 2.34. The van der Waals surface area contributed by atoms with Crippen molar-refractivity contribution in [1.29, 1.82) is 0 Å². The molecule has 21 heavy (non-hydrogen) atoms. The molecule has 0 aliphatic carbocycles. The molecule has 0 fully saturated rings. The molecule has 0 bridgehead atoms. The molecule has 0 atom stereocenters. The smallest absolute Gasteiger partial charge is 0.264 e. The van der Waals surface area contributed by atoms with Crippen LogP contribution in [-0.4, -0.2) is 20.6 Å². The van der Waals surface area contributed by atoms with Crippen LogP contribution in [0.1, 0.15) is 44.7 Å². The summed E-state index contributed by atoms with van der Waals surface area (Å²) in [5, 5.41) is 3.02. The molecule has 1 amide bonds. The molecule has 0 saturated carbocycles. The molecule has 0 aromatic heterocycles. The van der Waals surface area contributed by atoms with E-state index in [1.54, 1.807) is 0 Å². The highest BCUT2D eigenvalue weighted by atomic mass is 32.2. The van der Waals surface area contributed by atoms with Crippen molar-refractivity contribution >= 4 is 16.0 Å². The van der Waals surface area contributed by atoms with Gasteiger partial charge in [0.05, 0.1) is 18.4 Å². The van der Waals surface area contributed by atoms with Crippen molar-refractivity contribution in [2.24, 2.45) is 0 Å². The molecule has 0 saturated heterocycles. The van der Waals surface area contributed by atoms with E-state index in [0.29, 0.717) is 0 Å². The van der Waals surface area contributed by atoms with Gasteiger partial charge in [-0.15, -0.1) is 0 Å². The molecule has 5 nitrogen and oxygen atoms in total. The zero-order valence-electron chi connectivity index (χ0n) is 13.0. The molecule has 118 valence electrons. The van der Waals surface area contributed by atoms with Crippen LogP contribution in [0.3, 0.4) is 0 Å². The van der Waals surface area contributed by atoms with E-state index in [1.807, 2.05) is 38.1 Å². The van der Waals surface area contributed by atoms with E-state index in [4.69, 9.17) is 4.18 Å². The van der Waals surface area contributed by atoms with Gasteiger partial charge < -0.3 is 5.32 Å². The summed E-state index contributed by atoms with van der Waals surface area (Å²) < 4.78 is 26.7. The summed E-state index contributed by atoms with van der Waals surface area (Å²) in [4.78, 5) is 11.4. The van der Waals surface area contributed by atoms with E-state index in [2.05, 4.69) is 5.32 Å². The number of benzene rings is 1. The maximum absolute atomic E-state index is 11.4. The van der Waals surface area contributed by atoms with E-state index in [-0.39, 0.29) is 18.1 Å². The number of amides is 1. The van der Waals surface area contributed by atoms with Crippen molar-refractivity contribution in [2.45, 2.75) is 45.8 Å². The van der Waals surface area contributed by atoms with Gasteiger partial charge in [-0.25, -0.2) is 0 Å². The van der Waals surface area contributed by atoms with Gasteiger partial charge in [-0.3, -0.25) is 8.98 Å². The van der Waals surface area contributed by atoms with Crippen molar-refractivity contribution in [3.63, 3.8) is 0 Å². The molecule has 1 rings (SSSR count). The van der Waals surface area contributed by atoms with Gasteiger partial charge in [0.2, 0.25) is 5.91 Å². The fourth-order valence-corrected chi connectivity index (χ4v) is 2.69. The van der Waals surface area contributed by atoms with E-state index in [9.17, 15) is 13.2 Å². The van der Waals surface area contributed by atoms with Gasteiger partial charge in [0.1, 0.15) is 0 Å². The van der Waals surface area contributed by atoms with Crippen LogP contribution in [0.25, 0.3) is 0 Å². The highest BCUT2D eigenvalue weighted by molar-refractivity contribution is 7.85. The average molecular weight is 313 g/mol. The maximum atomic E-state index is 11.4. The van der Waals surface area contributed by atoms with Crippen LogP contribution in [0.15, 0.2) is 24.3 Å². The molecule has 1 aromatic rings. The lowest BCUT2D eigenvalue weighted by atomic mass is 9.84. The second kappa shape index (κ2) is 7.04. The molecule has 0 spiro atoms. The van der Waals surface area contributed by atoms with Crippen LogP contribution >= 0.6 is 0 Å². The van der Waals surface area contributed by atoms with Crippen LogP contribution in [0.5, 0.6) is 0 Å². The first kappa shape index (κ1) is 17.7. The molecule has 0 heterocycles. The zero-order valence-corrected chi connectivity index (χ0v) is 13.8. The summed E-state index contributed by atoms with van der Waals surface area (Å²) in [5.74, 6) is -0.0665. The Morgan fingerprint density at radius 2 is 1.71 bits per heavy atom. The van der Waals surface area contributed by atoms with Crippen molar-refractivity contribution in [2.75, 3.05) is 6.26 Å². The fraction of sp³-hybridized carbons (Fsp3) is 0.533. The Balaban J connectivity index is 2.95. The molecule has 1 aromatic carbocycles.